The van der Waals surface area contributed by atoms with Crippen LogP contribution in [0.5, 0.6) is 5.75 Å². The van der Waals surface area contributed by atoms with Crippen molar-refractivity contribution in [3.8, 4) is 11.8 Å². The molecule has 2 atom stereocenters. The molecule has 29 heavy (non-hydrogen) atoms. The van der Waals surface area contributed by atoms with Gasteiger partial charge in [-0.1, -0.05) is 11.6 Å². The van der Waals surface area contributed by atoms with Crippen molar-refractivity contribution in [1.29, 1.82) is 5.26 Å². The molecule has 3 rings (SSSR count). The summed E-state index contributed by atoms with van der Waals surface area (Å²) in [6.07, 6.45) is -1.19. The summed E-state index contributed by atoms with van der Waals surface area (Å²) in [6, 6.07) is 5.14. The van der Waals surface area contributed by atoms with Crippen molar-refractivity contribution in [3.05, 3.63) is 40.3 Å². The van der Waals surface area contributed by atoms with E-state index < -0.39 is 40.7 Å². The Hall–Kier alpha value is -2.23. The predicted molar refractivity (Wildman–Crippen MR) is 99.3 cm³/mol. The fourth-order valence-corrected chi connectivity index (χ4v) is 5.32. The number of halogens is 2. The molecule has 1 saturated heterocycles. The first-order valence-corrected chi connectivity index (χ1v) is 10.2. The van der Waals surface area contributed by atoms with Crippen LogP contribution in [0, 0.1) is 24.1 Å². The second-order valence-electron chi connectivity index (χ2n) is 6.75. The highest BCUT2D eigenvalue weighted by Gasteiger charge is 2.51. The van der Waals surface area contributed by atoms with Gasteiger partial charge in [0.25, 0.3) is 10.0 Å². The van der Waals surface area contributed by atoms with Crippen LogP contribution >= 0.6 is 11.6 Å². The molecule has 2 aromatic rings. The first-order chi connectivity index (χ1) is 13.5. The highest BCUT2D eigenvalue weighted by atomic mass is 35.5. The van der Waals surface area contributed by atoms with Crippen molar-refractivity contribution in [2.75, 3.05) is 19.7 Å². The SMILES string of the molecule is Cc1nn(C)c(S(=O)(=O)N2C[C@H](Oc3ccc(C#N)c(F)c3)[C@](O)(CO)C2)c1Cl. The highest BCUT2D eigenvalue weighted by molar-refractivity contribution is 7.89. The van der Waals surface area contributed by atoms with Gasteiger partial charge in [0.15, 0.2) is 5.03 Å². The Kier molecular flexibility index (Phi) is 5.59. The van der Waals surface area contributed by atoms with Gasteiger partial charge >= 0.3 is 0 Å². The first-order valence-electron chi connectivity index (χ1n) is 8.42. The molecule has 1 aromatic heterocycles. The maximum absolute atomic E-state index is 13.8. The molecule has 1 aromatic carbocycles. The normalized spacial score (nSPS) is 22.6. The smallest absolute Gasteiger partial charge is 0.261 e. The molecule has 2 N–H and O–H groups in total. The van der Waals surface area contributed by atoms with Crippen LogP contribution in [0.25, 0.3) is 0 Å². The molecule has 0 bridgehead atoms. The lowest BCUT2D eigenvalue weighted by atomic mass is 10.0. The van der Waals surface area contributed by atoms with E-state index in [-0.39, 0.29) is 27.9 Å². The number of nitrogens with zero attached hydrogens (tertiary/aromatic N) is 4. The number of benzene rings is 1. The minimum Gasteiger partial charge on any atom is -0.486 e. The third-order valence-electron chi connectivity index (χ3n) is 4.72. The Morgan fingerprint density at radius 1 is 1.52 bits per heavy atom. The molecule has 0 radical (unpaired) electrons. The Balaban J connectivity index is 1.92. The van der Waals surface area contributed by atoms with E-state index >= 15 is 0 Å². The number of ether oxygens (including phenoxy) is 1. The molecular formula is C17H18ClFN4O5S. The number of rotatable bonds is 5. The van der Waals surface area contributed by atoms with Crippen LogP contribution in [0.4, 0.5) is 4.39 Å². The van der Waals surface area contributed by atoms with Crippen LogP contribution < -0.4 is 4.74 Å². The summed E-state index contributed by atoms with van der Waals surface area (Å²) in [4.78, 5) is 0. The molecular weight excluding hydrogens is 427 g/mol. The third kappa shape index (κ3) is 3.70. The van der Waals surface area contributed by atoms with Gasteiger partial charge in [0.2, 0.25) is 0 Å². The lowest BCUT2D eigenvalue weighted by molar-refractivity contribution is -0.0641. The lowest BCUT2D eigenvalue weighted by Crippen LogP contribution is -2.48. The van der Waals surface area contributed by atoms with E-state index in [0.29, 0.717) is 5.69 Å². The van der Waals surface area contributed by atoms with E-state index in [2.05, 4.69) is 5.10 Å². The number of nitriles is 1. The van der Waals surface area contributed by atoms with E-state index in [1.54, 1.807) is 13.0 Å². The number of hydrogen-bond donors (Lipinski definition) is 2. The number of aliphatic hydroxyl groups is 2. The zero-order valence-corrected chi connectivity index (χ0v) is 17.1. The fourth-order valence-electron chi connectivity index (χ4n) is 3.15. The third-order valence-corrected chi connectivity index (χ3v) is 7.20. The highest BCUT2D eigenvalue weighted by Crippen LogP contribution is 2.33. The maximum atomic E-state index is 13.8. The minimum absolute atomic E-state index is 0.0213. The van der Waals surface area contributed by atoms with Gasteiger partial charge < -0.3 is 14.9 Å². The van der Waals surface area contributed by atoms with Crippen molar-refractivity contribution in [2.24, 2.45) is 7.05 Å². The summed E-state index contributed by atoms with van der Waals surface area (Å²) in [5.74, 6) is -0.843. The molecule has 1 aliphatic rings. The van der Waals surface area contributed by atoms with E-state index in [1.807, 2.05) is 0 Å². The Labute approximate surface area is 171 Å². The number of aryl methyl sites for hydroxylation is 2. The number of β-amino-alcohol motifs (C(OH)–C–C–N with tert-alkyl or cyclic N) is 1. The lowest BCUT2D eigenvalue weighted by Gasteiger charge is -2.27. The molecule has 2 heterocycles. The quantitative estimate of drug-likeness (QED) is 0.689. The van der Waals surface area contributed by atoms with E-state index in [1.165, 1.54) is 19.2 Å². The van der Waals surface area contributed by atoms with Crippen molar-refractivity contribution < 1.29 is 27.8 Å². The van der Waals surface area contributed by atoms with Gasteiger partial charge in [-0.15, -0.1) is 0 Å². The summed E-state index contributed by atoms with van der Waals surface area (Å²) < 4.78 is 47.6. The van der Waals surface area contributed by atoms with Crippen LogP contribution in [0.15, 0.2) is 23.2 Å². The molecule has 1 aliphatic heterocycles. The zero-order chi connectivity index (χ0) is 21.6. The second-order valence-corrected chi connectivity index (χ2v) is 8.98. The first kappa shape index (κ1) is 21.5. The second kappa shape index (κ2) is 7.55. The molecule has 0 spiro atoms. The largest absolute Gasteiger partial charge is 0.486 e. The summed E-state index contributed by atoms with van der Waals surface area (Å²) in [5.41, 5.74) is -1.80. The van der Waals surface area contributed by atoms with Crippen molar-refractivity contribution >= 4 is 21.6 Å². The van der Waals surface area contributed by atoms with Crippen molar-refractivity contribution in [2.45, 2.75) is 23.7 Å². The molecule has 0 aliphatic carbocycles. The molecule has 0 saturated carbocycles. The molecule has 12 heteroatoms. The van der Waals surface area contributed by atoms with Gasteiger partial charge in [-0.3, -0.25) is 4.68 Å². The molecule has 0 unspecified atom stereocenters. The summed E-state index contributed by atoms with van der Waals surface area (Å²) in [6.45, 7) is -0.0151. The Morgan fingerprint density at radius 3 is 2.72 bits per heavy atom. The van der Waals surface area contributed by atoms with Crippen LogP contribution in [0.2, 0.25) is 5.02 Å². The van der Waals surface area contributed by atoms with Gasteiger partial charge in [-0.2, -0.15) is 14.7 Å². The van der Waals surface area contributed by atoms with Crippen LogP contribution in [0.3, 0.4) is 0 Å². The number of aliphatic hydroxyl groups excluding tert-OH is 1. The Bertz CT molecular complexity index is 1100. The zero-order valence-electron chi connectivity index (χ0n) is 15.5. The van der Waals surface area contributed by atoms with Crippen molar-refractivity contribution in [1.82, 2.24) is 14.1 Å². The van der Waals surface area contributed by atoms with Crippen molar-refractivity contribution in [3.63, 3.8) is 0 Å². The standard InChI is InChI=1S/C17H18ClFN4O5S/c1-10-15(18)16(22(2)21-10)29(26,27)23-7-14(17(25,8-23)9-24)28-12-4-3-11(6-20)13(19)5-12/h3-5,14,24-25H,7-9H2,1-2H3/t14-,17+/m0/s1. The number of sulfonamides is 1. The maximum Gasteiger partial charge on any atom is 0.261 e. The number of aromatic nitrogens is 2. The minimum atomic E-state index is -4.17. The molecule has 1 fully saturated rings. The average Bonchev–Trinajstić information content (AvgIpc) is 3.12. The van der Waals surface area contributed by atoms with Gasteiger partial charge in [0.05, 0.1) is 24.4 Å². The summed E-state index contributed by atoms with van der Waals surface area (Å²) in [5, 5.41) is 32.9. The molecule has 0 amide bonds. The monoisotopic (exact) mass is 444 g/mol. The van der Waals surface area contributed by atoms with Gasteiger partial charge in [-0.25, -0.2) is 12.8 Å². The topological polar surface area (TPSA) is 129 Å². The average molecular weight is 445 g/mol. The van der Waals surface area contributed by atoms with Crippen LogP contribution in [-0.4, -0.2) is 64.1 Å². The van der Waals surface area contributed by atoms with E-state index in [4.69, 9.17) is 21.6 Å². The van der Waals surface area contributed by atoms with Gasteiger partial charge in [-0.05, 0) is 19.1 Å². The summed E-state index contributed by atoms with van der Waals surface area (Å²) in [7, 11) is -2.75. The van der Waals surface area contributed by atoms with Gasteiger partial charge in [0, 0.05) is 19.7 Å². The predicted octanol–water partition coefficient (Wildman–Crippen LogP) is 0.568. The van der Waals surface area contributed by atoms with E-state index in [0.717, 1.165) is 15.1 Å². The van der Waals surface area contributed by atoms with Crippen LogP contribution in [0.1, 0.15) is 11.3 Å². The fraction of sp³-hybridized carbons (Fsp3) is 0.412. The van der Waals surface area contributed by atoms with E-state index in [9.17, 15) is 23.0 Å². The van der Waals surface area contributed by atoms with Crippen LogP contribution in [-0.2, 0) is 17.1 Å². The summed E-state index contributed by atoms with van der Waals surface area (Å²) >= 11 is 6.09. The molecule has 156 valence electrons. The molecule has 9 nitrogen and oxygen atoms in total. The number of hydrogen-bond acceptors (Lipinski definition) is 7. The van der Waals surface area contributed by atoms with Gasteiger partial charge in [0.1, 0.15) is 34.4 Å². The Morgan fingerprint density at radius 2 is 2.21 bits per heavy atom.